The van der Waals surface area contributed by atoms with Crippen molar-refractivity contribution >= 4 is 5.91 Å². The van der Waals surface area contributed by atoms with Gasteiger partial charge in [-0.15, -0.1) is 0 Å². The number of carbonyl (C=O) groups excluding carboxylic acids is 1. The Balaban J connectivity index is 1.81. The summed E-state index contributed by atoms with van der Waals surface area (Å²) in [5.41, 5.74) is 5.57. The summed E-state index contributed by atoms with van der Waals surface area (Å²) in [6.45, 7) is 8.84. The number of benzene rings is 1. The molecular weight excluding hydrogens is 288 g/mol. The van der Waals surface area contributed by atoms with Crippen LogP contribution in [0.2, 0.25) is 0 Å². The largest absolute Gasteiger partial charge is 0.361 e. The molecule has 0 unspecified atom stereocenters. The van der Waals surface area contributed by atoms with Gasteiger partial charge in [0, 0.05) is 12.1 Å². The molecule has 1 aliphatic rings. The molecule has 4 heteroatoms. The molecule has 1 saturated heterocycles. The fraction of sp³-hybridized carbons (Fsp3) is 0.474. The fourth-order valence-electron chi connectivity index (χ4n) is 3.39. The molecular formula is C19H24N2O2. The highest BCUT2D eigenvalue weighted by molar-refractivity contribution is 5.80. The first kappa shape index (κ1) is 15.8. The van der Waals surface area contributed by atoms with E-state index in [2.05, 4.69) is 37.2 Å². The summed E-state index contributed by atoms with van der Waals surface area (Å²) in [7, 11) is 0. The normalized spacial score (nSPS) is 17.7. The Morgan fingerprint density at radius 3 is 2.70 bits per heavy atom. The van der Waals surface area contributed by atoms with E-state index in [1.165, 1.54) is 16.7 Å². The smallest absolute Gasteiger partial charge is 0.227 e. The highest BCUT2D eigenvalue weighted by Gasteiger charge is 2.30. The van der Waals surface area contributed by atoms with Crippen LogP contribution in [-0.4, -0.2) is 22.5 Å². The Kier molecular flexibility index (Phi) is 4.24. The van der Waals surface area contributed by atoms with E-state index in [1.807, 2.05) is 18.7 Å². The van der Waals surface area contributed by atoms with Gasteiger partial charge in [0.05, 0.1) is 18.2 Å². The lowest BCUT2D eigenvalue weighted by atomic mass is 9.99. The van der Waals surface area contributed by atoms with Crippen molar-refractivity contribution in [3.8, 4) is 0 Å². The molecule has 3 rings (SSSR count). The second-order valence-corrected chi connectivity index (χ2v) is 6.57. The van der Waals surface area contributed by atoms with Crippen molar-refractivity contribution in [2.45, 2.75) is 53.0 Å². The predicted octanol–water partition coefficient (Wildman–Crippen LogP) is 3.81. The minimum Gasteiger partial charge on any atom is -0.361 e. The summed E-state index contributed by atoms with van der Waals surface area (Å²) in [4.78, 5) is 14.8. The lowest BCUT2D eigenvalue weighted by Crippen LogP contribution is -2.32. The fourth-order valence-corrected chi connectivity index (χ4v) is 3.39. The molecule has 0 bridgehead atoms. The van der Waals surface area contributed by atoms with Crippen molar-refractivity contribution < 1.29 is 9.32 Å². The van der Waals surface area contributed by atoms with Crippen molar-refractivity contribution in [2.75, 3.05) is 6.54 Å². The number of aryl methyl sites for hydroxylation is 4. The standard InChI is InChI=1S/C19H24N2O2/c1-12-7-8-16(10-13(12)2)18-6-5-9-21(18)19(22)11-17-14(3)20-23-15(17)4/h7-8,10,18H,5-6,9,11H2,1-4H3/t18-/m0/s1. The zero-order valence-corrected chi connectivity index (χ0v) is 14.3. The van der Waals surface area contributed by atoms with E-state index in [0.29, 0.717) is 6.42 Å². The third-order valence-corrected chi connectivity index (χ3v) is 5.00. The lowest BCUT2D eigenvalue weighted by Gasteiger charge is -2.25. The van der Waals surface area contributed by atoms with Gasteiger partial charge >= 0.3 is 0 Å². The van der Waals surface area contributed by atoms with Crippen LogP contribution in [0.25, 0.3) is 0 Å². The van der Waals surface area contributed by atoms with Crippen LogP contribution in [0.15, 0.2) is 22.7 Å². The van der Waals surface area contributed by atoms with Crippen LogP contribution in [0.5, 0.6) is 0 Å². The zero-order chi connectivity index (χ0) is 16.6. The van der Waals surface area contributed by atoms with E-state index in [9.17, 15) is 4.79 Å². The first-order chi connectivity index (χ1) is 11.0. The lowest BCUT2D eigenvalue weighted by molar-refractivity contribution is -0.131. The molecule has 1 aliphatic heterocycles. The van der Waals surface area contributed by atoms with Crippen molar-refractivity contribution in [2.24, 2.45) is 0 Å². The third-order valence-electron chi connectivity index (χ3n) is 5.00. The van der Waals surface area contributed by atoms with Crippen LogP contribution in [0.4, 0.5) is 0 Å². The van der Waals surface area contributed by atoms with Crippen molar-refractivity contribution in [3.63, 3.8) is 0 Å². The number of hydrogen-bond donors (Lipinski definition) is 0. The van der Waals surface area contributed by atoms with E-state index in [-0.39, 0.29) is 11.9 Å². The highest BCUT2D eigenvalue weighted by Crippen LogP contribution is 2.33. The molecule has 4 nitrogen and oxygen atoms in total. The van der Waals surface area contributed by atoms with Gasteiger partial charge in [-0.3, -0.25) is 4.79 Å². The molecule has 1 atom stereocenters. The van der Waals surface area contributed by atoms with Gasteiger partial charge in [0.1, 0.15) is 5.76 Å². The van der Waals surface area contributed by atoms with E-state index in [4.69, 9.17) is 4.52 Å². The molecule has 1 aromatic carbocycles. The van der Waals surface area contributed by atoms with Crippen LogP contribution in [0.1, 0.15) is 52.6 Å². The second-order valence-electron chi connectivity index (χ2n) is 6.57. The number of amides is 1. The maximum atomic E-state index is 12.8. The zero-order valence-electron chi connectivity index (χ0n) is 14.3. The summed E-state index contributed by atoms with van der Waals surface area (Å²) >= 11 is 0. The van der Waals surface area contributed by atoms with Gasteiger partial charge in [-0.05, 0) is 57.2 Å². The van der Waals surface area contributed by atoms with E-state index >= 15 is 0 Å². The minimum atomic E-state index is 0.167. The second kappa shape index (κ2) is 6.19. The summed E-state index contributed by atoms with van der Waals surface area (Å²) in [6, 6.07) is 6.73. The number of rotatable bonds is 3. The van der Waals surface area contributed by atoms with E-state index in [1.54, 1.807) is 0 Å². The first-order valence-corrected chi connectivity index (χ1v) is 8.25. The van der Waals surface area contributed by atoms with Crippen LogP contribution in [0.3, 0.4) is 0 Å². The maximum Gasteiger partial charge on any atom is 0.227 e. The molecule has 2 aromatic rings. The Morgan fingerprint density at radius 2 is 2.04 bits per heavy atom. The molecule has 23 heavy (non-hydrogen) atoms. The molecule has 2 heterocycles. The van der Waals surface area contributed by atoms with Crippen LogP contribution in [-0.2, 0) is 11.2 Å². The molecule has 0 saturated carbocycles. The van der Waals surface area contributed by atoms with Gasteiger partial charge in [-0.25, -0.2) is 0 Å². The van der Waals surface area contributed by atoms with Gasteiger partial charge in [-0.1, -0.05) is 23.4 Å². The quantitative estimate of drug-likeness (QED) is 0.865. The topological polar surface area (TPSA) is 46.3 Å². The monoisotopic (exact) mass is 312 g/mol. The van der Waals surface area contributed by atoms with E-state index < -0.39 is 0 Å². The Bertz CT molecular complexity index is 713. The maximum absolute atomic E-state index is 12.8. The van der Waals surface area contributed by atoms with Crippen LogP contribution in [0, 0.1) is 27.7 Å². The molecule has 122 valence electrons. The van der Waals surface area contributed by atoms with Gasteiger partial charge in [0.2, 0.25) is 5.91 Å². The molecule has 0 radical (unpaired) electrons. The van der Waals surface area contributed by atoms with Crippen LogP contribution >= 0.6 is 0 Å². The summed E-state index contributed by atoms with van der Waals surface area (Å²) < 4.78 is 5.18. The number of likely N-dealkylation sites (tertiary alicyclic amines) is 1. The highest BCUT2D eigenvalue weighted by atomic mass is 16.5. The third kappa shape index (κ3) is 3.03. The summed E-state index contributed by atoms with van der Waals surface area (Å²) in [5, 5.41) is 3.95. The average Bonchev–Trinajstić information content (AvgIpc) is 3.12. The van der Waals surface area contributed by atoms with Crippen LogP contribution < -0.4 is 0 Å². The Labute approximate surface area is 137 Å². The predicted molar refractivity (Wildman–Crippen MR) is 89.3 cm³/mol. The summed E-state index contributed by atoms with van der Waals surface area (Å²) in [5.74, 6) is 0.915. The van der Waals surface area contributed by atoms with Gasteiger partial charge in [-0.2, -0.15) is 0 Å². The molecule has 1 fully saturated rings. The Morgan fingerprint density at radius 1 is 1.26 bits per heavy atom. The molecule has 0 N–H and O–H groups in total. The number of hydrogen-bond acceptors (Lipinski definition) is 3. The van der Waals surface area contributed by atoms with Gasteiger partial charge < -0.3 is 9.42 Å². The number of carbonyl (C=O) groups is 1. The number of aromatic nitrogens is 1. The molecule has 0 aliphatic carbocycles. The van der Waals surface area contributed by atoms with Gasteiger partial charge in [0.15, 0.2) is 0 Å². The Hall–Kier alpha value is -2.10. The first-order valence-electron chi connectivity index (χ1n) is 8.25. The average molecular weight is 312 g/mol. The molecule has 0 spiro atoms. The van der Waals surface area contributed by atoms with Crippen molar-refractivity contribution in [1.82, 2.24) is 10.1 Å². The van der Waals surface area contributed by atoms with Gasteiger partial charge in [0.25, 0.3) is 0 Å². The SMILES string of the molecule is Cc1ccc([C@@H]2CCCN2C(=O)Cc2c(C)noc2C)cc1C. The molecule has 1 aromatic heterocycles. The summed E-state index contributed by atoms with van der Waals surface area (Å²) in [6.07, 6.45) is 2.48. The number of nitrogens with zero attached hydrogens (tertiary/aromatic N) is 2. The minimum absolute atomic E-state index is 0.167. The molecule has 1 amide bonds. The van der Waals surface area contributed by atoms with Crippen molar-refractivity contribution in [3.05, 3.63) is 51.9 Å². The van der Waals surface area contributed by atoms with E-state index in [0.717, 1.165) is 36.4 Å². The van der Waals surface area contributed by atoms with Crippen molar-refractivity contribution in [1.29, 1.82) is 0 Å².